The fourth-order valence-corrected chi connectivity index (χ4v) is 4.28. The first-order valence-corrected chi connectivity index (χ1v) is 10.7. The van der Waals surface area contributed by atoms with E-state index in [4.69, 9.17) is 0 Å². The van der Waals surface area contributed by atoms with Crippen LogP contribution in [0.2, 0.25) is 0 Å². The molecule has 0 fully saturated rings. The number of thioether (sulfide) groups is 1. The van der Waals surface area contributed by atoms with Crippen molar-refractivity contribution in [1.29, 1.82) is 0 Å². The van der Waals surface area contributed by atoms with Gasteiger partial charge in [-0.1, -0.05) is 48.0 Å². The van der Waals surface area contributed by atoms with Gasteiger partial charge >= 0.3 is 0 Å². The Bertz CT molecular complexity index is 1150. The summed E-state index contributed by atoms with van der Waals surface area (Å²) in [5, 5.41) is 3.60. The predicted octanol–water partition coefficient (Wildman–Crippen LogP) is 4.39. The highest BCUT2D eigenvalue weighted by Gasteiger charge is 2.39. The second kappa shape index (κ2) is 8.73. The molecule has 0 spiro atoms. The lowest BCUT2D eigenvalue weighted by Crippen LogP contribution is -2.31. The SMILES string of the molecule is Cc1ccc(NC2=C(Sc3nc(C)cc(C)n3)C(=O)N(Cc3ccccc3)C2=O)cc1. The second-order valence-electron chi connectivity index (χ2n) is 7.41. The van der Waals surface area contributed by atoms with Crippen LogP contribution in [0.1, 0.15) is 22.5 Å². The van der Waals surface area contributed by atoms with Crippen LogP contribution in [0.4, 0.5) is 5.69 Å². The van der Waals surface area contributed by atoms with Crippen molar-refractivity contribution < 1.29 is 9.59 Å². The summed E-state index contributed by atoms with van der Waals surface area (Å²) in [5.41, 5.74) is 4.59. The Hall–Kier alpha value is -3.45. The summed E-state index contributed by atoms with van der Waals surface area (Å²) < 4.78 is 0. The van der Waals surface area contributed by atoms with E-state index in [0.717, 1.165) is 40.0 Å². The first-order valence-electron chi connectivity index (χ1n) is 9.89. The van der Waals surface area contributed by atoms with E-state index in [2.05, 4.69) is 15.3 Å². The van der Waals surface area contributed by atoms with E-state index in [-0.39, 0.29) is 24.1 Å². The molecule has 1 aromatic heterocycles. The molecule has 2 amide bonds. The number of hydrogen-bond acceptors (Lipinski definition) is 6. The second-order valence-corrected chi connectivity index (χ2v) is 8.39. The molecule has 1 N–H and O–H groups in total. The number of aryl methyl sites for hydroxylation is 3. The molecule has 0 radical (unpaired) electrons. The zero-order valence-corrected chi connectivity index (χ0v) is 18.4. The Morgan fingerprint density at radius 1 is 0.871 bits per heavy atom. The number of rotatable bonds is 6. The highest BCUT2D eigenvalue weighted by Crippen LogP contribution is 2.35. The number of amides is 2. The lowest BCUT2D eigenvalue weighted by Gasteiger charge is -2.15. The van der Waals surface area contributed by atoms with Crippen molar-refractivity contribution in [3.05, 3.63) is 93.8 Å². The molecular weight excluding hydrogens is 408 g/mol. The maximum atomic E-state index is 13.3. The van der Waals surface area contributed by atoms with Crippen LogP contribution in [0.5, 0.6) is 0 Å². The maximum Gasteiger partial charge on any atom is 0.278 e. The van der Waals surface area contributed by atoms with Gasteiger partial charge < -0.3 is 5.32 Å². The lowest BCUT2D eigenvalue weighted by molar-refractivity contribution is -0.137. The van der Waals surface area contributed by atoms with Gasteiger partial charge in [-0.05, 0) is 56.3 Å². The molecule has 0 unspecified atom stereocenters. The van der Waals surface area contributed by atoms with Crippen LogP contribution in [0, 0.1) is 20.8 Å². The predicted molar refractivity (Wildman–Crippen MR) is 121 cm³/mol. The van der Waals surface area contributed by atoms with E-state index in [0.29, 0.717) is 10.1 Å². The van der Waals surface area contributed by atoms with Crippen molar-refractivity contribution in [2.24, 2.45) is 0 Å². The van der Waals surface area contributed by atoms with Crippen molar-refractivity contribution in [2.45, 2.75) is 32.5 Å². The third kappa shape index (κ3) is 4.67. The summed E-state index contributed by atoms with van der Waals surface area (Å²) in [6, 6.07) is 19.0. The Labute approximate surface area is 185 Å². The summed E-state index contributed by atoms with van der Waals surface area (Å²) in [4.78, 5) is 36.9. The molecule has 7 heteroatoms. The Kier molecular flexibility index (Phi) is 5.86. The molecule has 1 aliphatic rings. The maximum absolute atomic E-state index is 13.3. The third-order valence-electron chi connectivity index (χ3n) is 4.79. The summed E-state index contributed by atoms with van der Waals surface area (Å²) in [7, 11) is 0. The first kappa shape index (κ1) is 20.8. The van der Waals surface area contributed by atoms with Crippen molar-refractivity contribution >= 4 is 29.3 Å². The van der Waals surface area contributed by atoms with Gasteiger partial charge in [0.05, 0.1) is 6.54 Å². The Morgan fingerprint density at radius 2 is 1.52 bits per heavy atom. The molecule has 4 rings (SSSR count). The van der Waals surface area contributed by atoms with Gasteiger partial charge in [-0.2, -0.15) is 0 Å². The molecule has 156 valence electrons. The van der Waals surface area contributed by atoms with Crippen molar-refractivity contribution in [2.75, 3.05) is 5.32 Å². The molecule has 0 saturated heterocycles. The van der Waals surface area contributed by atoms with Crippen LogP contribution in [0.25, 0.3) is 0 Å². The van der Waals surface area contributed by atoms with E-state index >= 15 is 0 Å². The Morgan fingerprint density at radius 3 is 2.16 bits per heavy atom. The Balaban J connectivity index is 1.69. The molecular formula is C24H22N4O2S. The highest BCUT2D eigenvalue weighted by molar-refractivity contribution is 8.04. The minimum absolute atomic E-state index is 0.204. The van der Waals surface area contributed by atoms with Gasteiger partial charge in [-0.15, -0.1) is 0 Å². The van der Waals surface area contributed by atoms with Crippen LogP contribution in [0.15, 0.2) is 76.4 Å². The minimum atomic E-state index is -0.360. The molecule has 0 bridgehead atoms. The van der Waals surface area contributed by atoms with Crippen LogP contribution < -0.4 is 5.32 Å². The van der Waals surface area contributed by atoms with Crippen LogP contribution in [0.3, 0.4) is 0 Å². The number of imide groups is 1. The zero-order valence-electron chi connectivity index (χ0n) is 17.5. The van der Waals surface area contributed by atoms with Gasteiger partial charge in [-0.25, -0.2) is 9.97 Å². The average Bonchev–Trinajstić information content (AvgIpc) is 2.94. The minimum Gasteiger partial charge on any atom is -0.350 e. The molecule has 0 aliphatic carbocycles. The summed E-state index contributed by atoms with van der Waals surface area (Å²) in [6.07, 6.45) is 0. The van der Waals surface area contributed by atoms with Gasteiger partial charge in [0.2, 0.25) is 0 Å². The van der Waals surface area contributed by atoms with E-state index in [9.17, 15) is 9.59 Å². The number of hydrogen-bond donors (Lipinski definition) is 1. The van der Waals surface area contributed by atoms with Crippen molar-refractivity contribution in [1.82, 2.24) is 14.9 Å². The van der Waals surface area contributed by atoms with Crippen molar-refractivity contribution in [3.63, 3.8) is 0 Å². The molecule has 6 nitrogen and oxygen atoms in total. The van der Waals surface area contributed by atoms with E-state index < -0.39 is 0 Å². The standard InChI is InChI=1S/C24H22N4O2S/c1-15-9-11-19(12-10-15)27-20-21(31-24-25-16(2)13-17(3)26-24)23(30)28(22(20)29)14-18-7-5-4-6-8-18/h4-13,27H,14H2,1-3H3. The van der Waals surface area contributed by atoms with Gasteiger partial charge in [-0.3, -0.25) is 14.5 Å². The van der Waals surface area contributed by atoms with Gasteiger partial charge in [0.25, 0.3) is 11.8 Å². The number of carbonyl (C=O) groups excluding carboxylic acids is 2. The summed E-state index contributed by atoms with van der Waals surface area (Å²) >= 11 is 1.12. The number of nitrogens with one attached hydrogen (secondary N) is 1. The average molecular weight is 431 g/mol. The van der Waals surface area contributed by atoms with Crippen LogP contribution >= 0.6 is 11.8 Å². The third-order valence-corrected chi connectivity index (χ3v) is 5.73. The van der Waals surface area contributed by atoms with Crippen LogP contribution in [-0.4, -0.2) is 26.7 Å². The van der Waals surface area contributed by atoms with Gasteiger partial charge in [0.1, 0.15) is 10.6 Å². The fourth-order valence-electron chi connectivity index (χ4n) is 3.28. The van der Waals surface area contributed by atoms with E-state index in [1.165, 1.54) is 4.90 Å². The molecule has 31 heavy (non-hydrogen) atoms. The summed E-state index contributed by atoms with van der Waals surface area (Å²) in [6.45, 7) is 5.95. The molecule has 3 aromatic rings. The molecule has 0 atom stereocenters. The number of nitrogens with zero attached hydrogens (tertiary/aromatic N) is 3. The summed E-state index contributed by atoms with van der Waals surface area (Å²) in [5.74, 6) is -0.711. The molecule has 1 aliphatic heterocycles. The number of anilines is 1. The van der Waals surface area contributed by atoms with Crippen LogP contribution in [-0.2, 0) is 16.1 Å². The lowest BCUT2D eigenvalue weighted by atomic mass is 10.2. The molecule has 2 aromatic carbocycles. The van der Waals surface area contributed by atoms with Gasteiger partial charge in [0, 0.05) is 17.1 Å². The number of carbonyl (C=O) groups is 2. The highest BCUT2D eigenvalue weighted by atomic mass is 32.2. The molecule has 2 heterocycles. The van der Waals surface area contributed by atoms with Crippen molar-refractivity contribution in [3.8, 4) is 0 Å². The number of aromatic nitrogens is 2. The monoisotopic (exact) mass is 430 g/mol. The first-order chi connectivity index (χ1) is 14.9. The topological polar surface area (TPSA) is 75.2 Å². The van der Waals surface area contributed by atoms with E-state index in [1.54, 1.807) is 0 Å². The van der Waals surface area contributed by atoms with E-state index in [1.807, 2.05) is 81.4 Å². The van der Waals surface area contributed by atoms with Gasteiger partial charge in [0.15, 0.2) is 5.16 Å². The molecule has 0 saturated carbocycles. The zero-order chi connectivity index (χ0) is 22.0. The number of benzene rings is 2. The normalized spacial score (nSPS) is 13.8. The quantitative estimate of drug-likeness (QED) is 0.462. The fraction of sp³-hybridized carbons (Fsp3) is 0.167. The largest absolute Gasteiger partial charge is 0.350 e. The smallest absolute Gasteiger partial charge is 0.278 e.